The summed E-state index contributed by atoms with van der Waals surface area (Å²) in [6.07, 6.45) is 2.42. The summed E-state index contributed by atoms with van der Waals surface area (Å²) < 4.78 is 8.52. The number of carbonyl (C=O) groups excluding carboxylic acids is 1. The average Bonchev–Trinajstić information content (AvgIpc) is 2.78. The summed E-state index contributed by atoms with van der Waals surface area (Å²) in [7, 11) is 0. The Morgan fingerprint density at radius 3 is 2.57 bits per heavy atom. The molecule has 0 radical (unpaired) electrons. The Balaban J connectivity index is 2.19. The first-order valence-electron chi connectivity index (χ1n) is 7.21. The van der Waals surface area contributed by atoms with E-state index in [-0.39, 0.29) is 17.7 Å². The van der Waals surface area contributed by atoms with Gasteiger partial charge in [-0.2, -0.15) is 5.10 Å². The zero-order valence-electron chi connectivity index (χ0n) is 13.6. The van der Waals surface area contributed by atoms with Crippen molar-refractivity contribution in [2.75, 3.05) is 6.54 Å². The molecule has 1 aromatic heterocycles. The van der Waals surface area contributed by atoms with Gasteiger partial charge in [-0.25, -0.2) is 4.79 Å². The Kier molecular flexibility index (Phi) is 4.12. The number of rotatable bonds is 1. The molecule has 0 spiro atoms. The Labute approximate surface area is 134 Å². The minimum Gasteiger partial charge on any atom is -0.444 e. The van der Waals surface area contributed by atoms with Crippen LogP contribution in [-0.2, 0) is 4.74 Å². The molecule has 1 aliphatic heterocycles. The fraction of sp³-hybridized carbons (Fsp3) is 0.733. The maximum Gasteiger partial charge on any atom is 0.410 e. The maximum atomic E-state index is 12.4. The second-order valence-corrected chi connectivity index (χ2v) is 8.14. The quantitative estimate of drug-likeness (QED) is 0.765. The van der Waals surface area contributed by atoms with Crippen molar-refractivity contribution < 1.29 is 9.53 Å². The summed E-state index contributed by atoms with van der Waals surface area (Å²) in [4.78, 5) is 14.2. The van der Waals surface area contributed by atoms with E-state index in [1.54, 1.807) is 6.20 Å². The number of aromatic nitrogens is 2. The molecular formula is C15H24BrN3O2. The Morgan fingerprint density at radius 1 is 1.48 bits per heavy atom. The number of likely N-dealkylation sites (tertiary alicyclic amines) is 1. The van der Waals surface area contributed by atoms with Gasteiger partial charge in [-0.1, -0.05) is 0 Å². The van der Waals surface area contributed by atoms with Gasteiger partial charge in [0.2, 0.25) is 0 Å². The second kappa shape index (κ2) is 5.30. The van der Waals surface area contributed by atoms with Crippen molar-refractivity contribution in [1.82, 2.24) is 14.7 Å². The molecule has 1 amide bonds. The molecular weight excluding hydrogens is 334 g/mol. The Hall–Kier alpha value is -1.04. The first kappa shape index (κ1) is 16.3. The van der Waals surface area contributed by atoms with Crippen LogP contribution < -0.4 is 0 Å². The van der Waals surface area contributed by atoms with Crippen LogP contribution in [0.3, 0.4) is 0 Å². The van der Waals surface area contributed by atoms with E-state index < -0.39 is 5.60 Å². The minimum atomic E-state index is -0.476. The molecule has 118 valence electrons. The topological polar surface area (TPSA) is 47.4 Å². The lowest BCUT2D eigenvalue weighted by Crippen LogP contribution is -2.45. The van der Waals surface area contributed by atoms with Gasteiger partial charge in [-0.3, -0.25) is 4.68 Å². The molecule has 1 fully saturated rings. The third-order valence-electron chi connectivity index (χ3n) is 3.80. The number of hydrogen-bond donors (Lipinski definition) is 0. The van der Waals surface area contributed by atoms with Gasteiger partial charge in [0.05, 0.1) is 16.7 Å². The van der Waals surface area contributed by atoms with Crippen LogP contribution in [0.4, 0.5) is 4.79 Å². The molecule has 21 heavy (non-hydrogen) atoms. The molecule has 1 unspecified atom stereocenters. The number of carbonyl (C=O) groups is 1. The minimum absolute atomic E-state index is 0.179. The summed E-state index contributed by atoms with van der Waals surface area (Å²) in [6.45, 7) is 12.5. The SMILES string of the molecule is Cc1c(Br)cnn1C1CN(C(=O)OC(C)(C)C)C(C)(C)C1. The predicted octanol–water partition coefficient (Wildman–Crippen LogP) is 3.91. The molecule has 0 bridgehead atoms. The zero-order chi connectivity index (χ0) is 16.0. The molecule has 6 heteroatoms. The third kappa shape index (κ3) is 3.42. The molecule has 1 atom stereocenters. The monoisotopic (exact) mass is 357 g/mol. The fourth-order valence-electron chi connectivity index (χ4n) is 2.78. The smallest absolute Gasteiger partial charge is 0.410 e. The largest absolute Gasteiger partial charge is 0.444 e. The number of ether oxygens (including phenoxy) is 1. The molecule has 0 saturated carbocycles. The third-order valence-corrected chi connectivity index (χ3v) is 4.58. The van der Waals surface area contributed by atoms with Gasteiger partial charge in [0.15, 0.2) is 0 Å². The lowest BCUT2D eigenvalue weighted by atomic mass is 10.0. The van der Waals surface area contributed by atoms with Crippen LogP contribution in [0.5, 0.6) is 0 Å². The van der Waals surface area contributed by atoms with Crippen molar-refractivity contribution in [1.29, 1.82) is 0 Å². The van der Waals surface area contributed by atoms with Crippen LogP contribution in [0, 0.1) is 6.92 Å². The highest BCUT2D eigenvalue weighted by Gasteiger charge is 2.44. The van der Waals surface area contributed by atoms with Crippen LogP contribution in [0.1, 0.15) is 52.8 Å². The van der Waals surface area contributed by atoms with E-state index in [1.165, 1.54) is 0 Å². The van der Waals surface area contributed by atoms with Gasteiger partial charge >= 0.3 is 6.09 Å². The molecule has 0 aromatic carbocycles. The van der Waals surface area contributed by atoms with Gasteiger partial charge < -0.3 is 9.64 Å². The zero-order valence-corrected chi connectivity index (χ0v) is 15.2. The van der Waals surface area contributed by atoms with Crippen molar-refractivity contribution in [3.8, 4) is 0 Å². The molecule has 1 saturated heterocycles. The van der Waals surface area contributed by atoms with Crippen LogP contribution in [0.2, 0.25) is 0 Å². The first-order valence-corrected chi connectivity index (χ1v) is 8.01. The van der Waals surface area contributed by atoms with Crippen LogP contribution >= 0.6 is 15.9 Å². The number of halogens is 1. The molecule has 1 aliphatic rings. The molecule has 1 aromatic rings. The molecule has 0 N–H and O–H groups in total. The summed E-state index contributed by atoms with van der Waals surface area (Å²) in [5, 5.41) is 4.42. The van der Waals surface area contributed by atoms with Crippen LogP contribution in [-0.4, -0.2) is 38.5 Å². The van der Waals surface area contributed by atoms with Gasteiger partial charge in [0, 0.05) is 17.8 Å². The van der Waals surface area contributed by atoms with E-state index >= 15 is 0 Å². The summed E-state index contributed by atoms with van der Waals surface area (Å²) in [5.41, 5.74) is 0.371. The number of amides is 1. The predicted molar refractivity (Wildman–Crippen MR) is 85.3 cm³/mol. The van der Waals surface area contributed by atoms with Crippen LogP contribution in [0.25, 0.3) is 0 Å². The fourth-order valence-corrected chi connectivity index (χ4v) is 3.06. The Morgan fingerprint density at radius 2 is 2.10 bits per heavy atom. The normalized spacial score (nSPS) is 21.7. The van der Waals surface area contributed by atoms with Gasteiger partial charge in [-0.15, -0.1) is 0 Å². The highest BCUT2D eigenvalue weighted by Crippen LogP contribution is 2.37. The molecule has 0 aliphatic carbocycles. The Bertz CT molecular complexity index is 546. The number of hydrogen-bond acceptors (Lipinski definition) is 3. The van der Waals surface area contributed by atoms with E-state index in [4.69, 9.17) is 4.74 Å². The lowest BCUT2D eigenvalue weighted by molar-refractivity contribution is 0.0131. The van der Waals surface area contributed by atoms with E-state index in [2.05, 4.69) is 34.9 Å². The van der Waals surface area contributed by atoms with Crippen molar-refractivity contribution in [2.24, 2.45) is 0 Å². The summed E-state index contributed by atoms with van der Waals surface area (Å²) in [5.74, 6) is 0. The van der Waals surface area contributed by atoms with Crippen molar-refractivity contribution in [2.45, 2.75) is 65.1 Å². The second-order valence-electron chi connectivity index (χ2n) is 7.28. The van der Waals surface area contributed by atoms with Crippen LogP contribution in [0.15, 0.2) is 10.7 Å². The van der Waals surface area contributed by atoms with E-state index in [9.17, 15) is 4.79 Å². The highest BCUT2D eigenvalue weighted by atomic mass is 79.9. The van der Waals surface area contributed by atoms with E-state index in [0.717, 1.165) is 16.6 Å². The summed E-state index contributed by atoms with van der Waals surface area (Å²) in [6, 6.07) is 0.179. The number of nitrogens with zero attached hydrogens (tertiary/aromatic N) is 3. The van der Waals surface area contributed by atoms with E-state index in [0.29, 0.717) is 6.54 Å². The van der Waals surface area contributed by atoms with Crippen molar-refractivity contribution in [3.05, 3.63) is 16.4 Å². The summed E-state index contributed by atoms with van der Waals surface area (Å²) >= 11 is 3.49. The van der Waals surface area contributed by atoms with Crippen molar-refractivity contribution in [3.63, 3.8) is 0 Å². The van der Waals surface area contributed by atoms with Gasteiger partial charge in [0.25, 0.3) is 0 Å². The van der Waals surface area contributed by atoms with Gasteiger partial charge in [-0.05, 0) is 63.9 Å². The van der Waals surface area contributed by atoms with Gasteiger partial charge in [0.1, 0.15) is 5.60 Å². The maximum absolute atomic E-state index is 12.4. The first-order chi connectivity index (χ1) is 9.51. The average molecular weight is 358 g/mol. The standard InChI is InChI=1S/C15H24BrN3O2/c1-10-12(16)8-17-19(10)11-7-15(5,6)18(9-11)13(20)21-14(2,3)4/h8,11H,7,9H2,1-6H3. The van der Waals surface area contributed by atoms with Crippen molar-refractivity contribution >= 4 is 22.0 Å². The molecule has 2 heterocycles. The molecule has 5 nitrogen and oxygen atoms in total. The van der Waals surface area contributed by atoms with E-state index in [1.807, 2.05) is 37.3 Å². The highest BCUT2D eigenvalue weighted by molar-refractivity contribution is 9.10. The molecule has 2 rings (SSSR count). The lowest BCUT2D eigenvalue weighted by Gasteiger charge is -2.33.